The van der Waals surface area contributed by atoms with Crippen molar-refractivity contribution in [1.82, 2.24) is 0 Å². The SMILES string of the molecule is CC(=O)CCC1C[C@@H]2C[C@@]3(C)[C@@H](CC[C@@H]3O)C[C@H]2CC1=O. The second kappa shape index (κ2) is 5.49. The van der Waals surface area contributed by atoms with Gasteiger partial charge in [-0.15, -0.1) is 0 Å². The van der Waals surface area contributed by atoms with E-state index in [4.69, 9.17) is 0 Å². The van der Waals surface area contributed by atoms with Crippen LogP contribution in [-0.4, -0.2) is 22.8 Å². The fourth-order valence-corrected chi connectivity index (χ4v) is 5.37. The Kier molecular flexibility index (Phi) is 3.98. The van der Waals surface area contributed by atoms with Crippen LogP contribution in [0.3, 0.4) is 0 Å². The molecule has 3 fully saturated rings. The molecule has 0 aromatic heterocycles. The van der Waals surface area contributed by atoms with Crippen LogP contribution < -0.4 is 0 Å². The third-order valence-corrected chi connectivity index (χ3v) is 6.79. The lowest BCUT2D eigenvalue weighted by Gasteiger charge is -2.49. The summed E-state index contributed by atoms with van der Waals surface area (Å²) in [6, 6.07) is 0. The normalized spacial score (nSPS) is 46.0. The molecule has 0 heterocycles. The lowest BCUT2D eigenvalue weighted by Crippen LogP contribution is -2.45. The first-order valence-corrected chi connectivity index (χ1v) is 8.60. The monoisotopic (exact) mass is 292 g/mol. The maximum Gasteiger partial charge on any atom is 0.136 e. The second-order valence-electron chi connectivity index (χ2n) is 8.10. The van der Waals surface area contributed by atoms with E-state index in [1.807, 2.05) is 0 Å². The molecule has 3 aliphatic carbocycles. The van der Waals surface area contributed by atoms with Crippen LogP contribution in [0.5, 0.6) is 0 Å². The Morgan fingerprint density at radius 3 is 2.76 bits per heavy atom. The summed E-state index contributed by atoms with van der Waals surface area (Å²) in [5.41, 5.74) is 0.0761. The quantitative estimate of drug-likeness (QED) is 0.869. The first kappa shape index (κ1) is 15.2. The third-order valence-electron chi connectivity index (χ3n) is 6.79. The maximum absolute atomic E-state index is 12.3. The number of aliphatic hydroxyl groups is 1. The number of rotatable bonds is 3. The van der Waals surface area contributed by atoms with E-state index in [2.05, 4.69) is 6.92 Å². The highest BCUT2D eigenvalue weighted by atomic mass is 16.3. The van der Waals surface area contributed by atoms with Crippen molar-refractivity contribution in [3.8, 4) is 0 Å². The summed E-state index contributed by atoms with van der Waals surface area (Å²) in [5.74, 6) is 2.39. The van der Waals surface area contributed by atoms with Crippen molar-refractivity contribution >= 4 is 11.6 Å². The summed E-state index contributed by atoms with van der Waals surface area (Å²) in [6.45, 7) is 3.86. The van der Waals surface area contributed by atoms with E-state index < -0.39 is 0 Å². The van der Waals surface area contributed by atoms with Gasteiger partial charge in [0.05, 0.1) is 6.10 Å². The van der Waals surface area contributed by atoms with Crippen molar-refractivity contribution in [3.63, 3.8) is 0 Å². The van der Waals surface area contributed by atoms with Crippen molar-refractivity contribution in [2.75, 3.05) is 0 Å². The van der Waals surface area contributed by atoms with Crippen LogP contribution >= 0.6 is 0 Å². The minimum Gasteiger partial charge on any atom is -0.393 e. The number of fused-ring (bicyclic) bond motifs is 2. The highest BCUT2D eigenvalue weighted by Gasteiger charge is 2.53. The molecular weight excluding hydrogens is 264 g/mol. The van der Waals surface area contributed by atoms with E-state index in [-0.39, 0.29) is 23.2 Å². The fraction of sp³-hybridized carbons (Fsp3) is 0.889. The van der Waals surface area contributed by atoms with Crippen LogP contribution in [0.25, 0.3) is 0 Å². The molecule has 118 valence electrons. The van der Waals surface area contributed by atoms with Crippen molar-refractivity contribution in [1.29, 1.82) is 0 Å². The van der Waals surface area contributed by atoms with Crippen molar-refractivity contribution in [3.05, 3.63) is 0 Å². The summed E-state index contributed by atoms with van der Waals surface area (Å²) < 4.78 is 0. The molecule has 0 aromatic rings. The summed E-state index contributed by atoms with van der Waals surface area (Å²) in [5, 5.41) is 10.4. The highest BCUT2D eigenvalue weighted by Crippen LogP contribution is 2.58. The zero-order valence-corrected chi connectivity index (χ0v) is 13.3. The Morgan fingerprint density at radius 2 is 2.05 bits per heavy atom. The number of ketones is 2. The number of carbonyl (C=O) groups excluding carboxylic acids is 2. The van der Waals surface area contributed by atoms with E-state index in [0.717, 1.165) is 44.9 Å². The number of hydrogen-bond acceptors (Lipinski definition) is 3. The van der Waals surface area contributed by atoms with E-state index in [1.54, 1.807) is 6.92 Å². The van der Waals surface area contributed by atoms with Gasteiger partial charge in [0.25, 0.3) is 0 Å². The molecule has 0 aliphatic heterocycles. The average molecular weight is 292 g/mol. The van der Waals surface area contributed by atoms with Crippen molar-refractivity contribution in [2.24, 2.45) is 29.1 Å². The molecule has 21 heavy (non-hydrogen) atoms. The highest BCUT2D eigenvalue weighted by molar-refractivity contribution is 5.83. The van der Waals surface area contributed by atoms with Crippen molar-refractivity contribution in [2.45, 2.75) is 71.3 Å². The summed E-state index contributed by atoms with van der Waals surface area (Å²) in [4.78, 5) is 23.5. The lowest BCUT2D eigenvalue weighted by atomic mass is 9.56. The molecular formula is C18H28O3. The number of Topliss-reactive ketones (excluding diaryl/α,β-unsaturated/α-hetero) is 2. The van der Waals surface area contributed by atoms with Gasteiger partial charge in [0.2, 0.25) is 0 Å². The molecule has 1 unspecified atom stereocenters. The second-order valence-corrected chi connectivity index (χ2v) is 8.10. The van der Waals surface area contributed by atoms with Gasteiger partial charge >= 0.3 is 0 Å². The Morgan fingerprint density at radius 1 is 1.29 bits per heavy atom. The van der Waals surface area contributed by atoms with Gasteiger partial charge in [-0.2, -0.15) is 0 Å². The molecule has 0 saturated heterocycles. The Hall–Kier alpha value is -0.700. The molecule has 0 bridgehead atoms. The predicted molar refractivity (Wildman–Crippen MR) is 80.7 cm³/mol. The largest absolute Gasteiger partial charge is 0.393 e. The molecule has 0 spiro atoms. The summed E-state index contributed by atoms with van der Waals surface area (Å²) in [6.07, 6.45) is 7.05. The van der Waals surface area contributed by atoms with Crippen LogP contribution in [0.1, 0.15) is 65.2 Å². The van der Waals surface area contributed by atoms with Crippen LogP contribution in [-0.2, 0) is 9.59 Å². The van der Waals surface area contributed by atoms with Gasteiger partial charge in [-0.05, 0) is 68.6 Å². The lowest BCUT2D eigenvalue weighted by molar-refractivity contribution is -0.132. The van der Waals surface area contributed by atoms with Gasteiger partial charge in [0, 0.05) is 18.8 Å². The maximum atomic E-state index is 12.3. The van der Waals surface area contributed by atoms with Crippen LogP contribution in [0.15, 0.2) is 0 Å². The van der Waals surface area contributed by atoms with Gasteiger partial charge in [0.1, 0.15) is 11.6 Å². The molecule has 6 atom stereocenters. The van der Waals surface area contributed by atoms with Crippen LogP contribution in [0.4, 0.5) is 0 Å². The Balaban J connectivity index is 1.69. The minimum atomic E-state index is -0.156. The molecule has 3 nitrogen and oxygen atoms in total. The molecule has 3 aliphatic rings. The summed E-state index contributed by atoms with van der Waals surface area (Å²) in [7, 11) is 0. The zero-order valence-electron chi connectivity index (χ0n) is 13.3. The molecule has 3 rings (SSSR count). The van der Waals surface area contributed by atoms with Gasteiger partial charge < -0.3 is 9.90 Å². The molecule has 0 radical (unpaired) electrons. The zero-order chi connectivity index (χ0) is 15.2. The predicted octanol–water partition coefficient (Wildman–Crippen LogP) is 3.14. The van der Waals surface area contributed by atoms with E-state index in [1.165, 1.54) is 0 Å². The Bertz CT molecular complexity index is 444. The number of aliphatic hydroxyl groups excluding tert-OH is 1. The molecule has 1 N–H and O–H groups in total. The molecule has 3 saturated carbocycles. The Labute approximate surface area is 127 Å². The first-order valence-electron chi connectivity index (χ1n) is 8.60. The van der Waals surface area contributed by atoms with Gasteiger partial charge in [-0.25, -0.2) is 0 Å². The number of hydrogen-bond donors (Lipinski definition) is 1. The summed E-state index contributed by atoms with van der Waals surface area (Å²) >= 11 is 0. The van der Waals surface area contributed by atoms with E-state index in [0.29, 0.717) is 30.0 Å². The van der Waals surface area contributed by atoms with Gasteiger partial charge in [-0.3, -0.25) is 4.79 Å². The average Bonchev–Trinajstić information content (AvgIpc) is 2.70. The van der Waals surface area contributed by atoms with Crippen molar-refractivity contribution < 1.29 is 14.7 Å². The minimum absolute atomic E-state index is 0.0761. The smallest absolute Gasteiger partial charge is 0.136 e. The number of carbonyl (C=O) groups is 2. The van der Waals surface area contributed by atoms with Crippen LogP contribution in [0.2, 0.25) is 0 Å². The van der Waals surface area contributed by atoms with E-state index in [9.17, 15) is 14.7 Å². The molecule has 3 heteroatoms. The topological polar surface area (TPSA) is 54.4 Å². The molecule has 0 aromatic carbocycles. The fourth-order valence-electron chi connectivity index (χ4n) is 5.37. The van der Waals surface area contributed by atoms with Crippen LogP contribution in [0, 0.1) is 29.1 Å². The van der Waals surface area contributed by atoms with Gasteiger partial charge in [0.15, 0.2) is 0 Å². The standard InChI is InChI=1S/C18H28O3/c1-11(19)3-4-12-7-14-10-18(2)15(5-6-17(18)21)8-13(14)9-16(12)20/h12-15,17,21H,3-10H2,1-2H3/t12?,13-,14+,15-,17-,18-/m0/s1. The third kappa shape index (κ3) is 2.69. The van der Waals surface area contributed by atoms with Gasteiger partial charge in [-0.1, -0.05) is 6.92 Å². The van der Waals surface area contributed by atoms with E-state index >= 15 is 0 Å². The molecule has 0 amide bonds. The first-order chi connectivity index (χ1) is 9.90.